The molecule has 0 N–H and O–H groups in total. The van der Waals surface area contributed by atoms with Crippen LogP contribution in [-0.4, -0.2) is 17.8 Å². The number of benzene rings is 3. The number of carbonyl (C=O) groups excluding carboxylic acids is 1. The summed E-state index contributed by atoms with van der Waals surface area (Å²) in [7, 11) is 0. The zero-order chi connectivity index (χ0) is 20.9. The number of hydrogen-bond acceptors (Lipinski definition) is 4. The van der Waals surface area contributed by atoms with E-state index in [0.29, 0.717) is 5.56 Å². The maximum Gasteiger partial charge on any atom is 0.357 e. The van der Waals surface area contributed by atoms with Crippen LogP contribution in [-0.2, 0) is 9.53 Å². The average molecular weight is 461 g/mol. The Morgan fingerprint density at radius 3 is 2.23 bits per heavy atom. The van der Waals surface area contributed by atoms with E-state index in [4.69, 9.17) is 9.73 Å². The first-order valence-corrected chi connectivity index (χ1v) is 10.2. The van der Waals surface area contributed by atoms with Gasteiger partial charge in [0.05, 0.1) is 0 Å². The normalized spacial score (nSPS) is 19.2. The maximum atomic E-state index is 12.9. The molecule has 0 aliphatic carbocycles. The summed E-state index contributed by atoms with van der Waals surface area (Å²) in [5.74, 6) is -0.538. The Bertz CT molecular complexity index is 1110. The molecule has 1 heterocycles. The third-order valence-corrected chi connectivity index (χ3v) is 5.43. The molecule has 0 aromatic heterocycles. The quantitative estimate of drug-likeness (QED) is 0.203. The minimum atomic E-state index is -0.766. The van der Waals surface area contributed by atoms with Crippen molar-refractivity contribution in [2.24, 2.45) is 10.1 Å². The Balaban J connectivity index is 1.83. The number of esters is 1. The highest BCUT2D eigenvalue weighted by atomic mass is 79.9. The average Bonchev–Trinajstić information content (AvgIpc) is 2.79. The maximum absolute atomic E-state index is 12.9. The van der Waals surface area contributed by atoms with E-state index < -0.39 is 24.2 Å². The first-order chi connectivity index (χ1) is 14.7. The highest BCUT2D eigenvalue weighted by molar-refractivity contribution is 9.10. The second-order valence-electron chi connectivity index (χ2n) is 6.77. The van der Waals surface area contributed by atoms with Crippen LogP contribution in [0, 0.1) is 0 Å². The topological polar surface area (TPSA) is 87.4 Å². The van der Waals surface area contributed by atoms with Crippen LogP contribution in [0.25, 0.3) is 10.4 Å². The van der Waals surface area contributed by atoms with E-state index in [9.17, 15) is 10.3 Å². The molecule has 3 atom stereocenters. The Labute approximate surface area is 182 Å². The number of azide groups is 1. The SMILES string of the molecule is [N-]=[N+]=N[C@@H](c1ccccc1)[C@@H]1OC(=O)C(c2ccc(Br)cc2)=N[C@@H]1c1ccccc1. The van der Waals surface area contributed by atoms with Crippen molar-refractivity contribution >= 4 is 27.6 Å². The molecule has 148 valence electrons. The summed E-state index contributed by atoms with van der Waals surface area (Å²) in [6.07, 6.45) is -0.766. The van der Waals surface area contributed by atoms with Gasteiger partial charge in [0.25, 0.3) is 0 Å². The van der Waals surface area contributed by atoms with Crippen molar-refractivity contribution in [1.29, 1.82) is 0 Å². The molecule has 0 amide bonds. The monoisotopic (exact) mass is 460 g/mol. The largest absolute Gasteiger partial charge is 0.454 e. The van der Waals surface area contributed by atoms with Crippen LogP contribution in [0.5, 0.6) is 0 Å². The van der Waals surface area contributed by atoms with Gasteiger partial charge in [-0.25, -0.2) is 4.79 Å². The predicted octanol–water partition coefficient (Wildman–Crippen LogP) is 5.96. The van der Waals surface area contributed by atoms with E-state index in [1.165, 1.54) is 0 Å². The third-order valence-electron chi connectivity index (χ3n) is 4.90. The third kappa shape index (κ3) is 4.13. The van der Waals surface area contributed by atoms with E-state index >= 15 is 0 Å². The first kappa shape index (κ1) is 19.9. The summed E-state index contributed by atoms with van der Waals surface area (Å²) in [4.78, 5) is 20.7. The minimum absolute atomic E-state index is 0.250. The molecule has 0 saturated carbocycles. The highest BCUT2D eigenvalue weighted by Gasteiger charge is 2.39. The lowest BCUT2D eigenvalue weighted by atomic mass is 9.91. The Hall–Kier alpha value is -3.41. The minimum Gasteiger partial charge on any atom is -0.454 e. The van der Waals surface area contributed by atoms with Crippen LogP contribution in [0.1, 0.15) is 28.8 Å². The van der Waals surface area contributed by atoms with Crippen LogP contribution in [0.3, 0.4) is 0 Å². The molecule has 30 heavy (non-hydrogen) atoms. The summed E-state index contributed by atoms with van der Waals surface area (Å²) in [5.41, 5.74) is 11.7. The van der Waals surface area contributed by atoms with Crippen molar-refractivity contribution in [2.75, 3.05) is 0 Å². The molecule has 3 aromatic carbocycles. The van der Waals surface area contributed by atoms with Gasteiger partial charge < -0.3 is 4.74 Å². The van der Waals surface area contributed by atoms with Crippen molar-refractivity contribution in [1.82, 2.24) is 0 Å². The number of aliphatic imine (C=N–C) groups is 1. The summed E-state index contributed by atoms with van der Waals surface area (Å²) in [5, 5.41) is 3.97. The van der Waals surface area contributed by atoms with Gasteiger partial charge in [-0.1, -0.05) is 93.8 Å². The van der Waals surface area contributed by atoms with E-state index in [2.05, 4.69) is 26.0 Å². The molecule has 0 radical (unpaired) electrons. The molecule has 1 aliphatic rings. The fourth-order valence-corrected chi connectivity index (χ4v) is 3.75. The molecular weight excluding hydrogens is 444 g/mol. The number of ether oxygens (including phenoxy) is 1. The molecule has 7 heteroatoms. The van der Waals surface area contributed by atoms with Crippen LogP contribution < -0.4 is 0 Å². The van der Waals surface area contributed by atoms with Gasteiger partial charge in [0.15, 0.2) is 5.71 Å². The molecule has 1 aliphatic heterocycles. The van der Waals surface area contributed by atoms with Gasteiger partial charge >= 0.3 is 5.97 Å². The van der Waals surface area contributed by atoms with E-state index in [-0.39, 0.29) is 5.71 Å². The Morgan fingerprint density at radius 2 is 1.60 bits per heavy atom. The van der Waals surface area contributed by atoms with Gasteiger partial charge in [-0.05, 0) is 28.8 Å². The molecule has 4 rings (SSSR count). The van der Waals surface area contributed by atoms with Crippen molar-refractivity contribution in [2.45, 2.75) is 18.2 Å². The highest BCUT2D eigenvalue weighted by Crippen LogP contribution is 2.38. The zero-order valence-electron chi connectivity index (χ0n) is 15.8. The molecule has 0 unspecified atom stereocenters. The number of cyclic esters (lactones) is 1. The standard InChI is InChI=1S/C23H17BrN4O2/c24-18-13-11-17(12-14-18)21-23(29)30-22(19(26-21)15-7-3-1-4-8-15)20(27-28-25)16-9-5-2-6-10-16/h1-14,19-20,22H/t19-,20+,22-/m1/s1. The lowest BCUT2D eigenvalue weighted by Crippen LogP contribution is -2.38. The van der Waals surface area contributed by atoms with Crippen LogP contribution in [0.4, 0.5) is 0 Å². The van der Waals surface area contributed by atoms with Gasteiger partial charge in [0.1, 0.15) is 18.2 Å². The Morgan fingerprint density at radius 1 is 0.967 bits per heavy atom. The van der Waals surface area contributed by atoms with Gasteiger partial charge in [0.2, 0.25) is 0 Å². The Kier molecular flexibility index (Phi) is 5.93. The predicted molar refractivity (Wildman–Crippen MR) is 118 cm³/mol. The molecule has 6 nitrogen and oxygen atoms in total. The fraction of sp³-hybridized carbons (Fsp3) is 0.130. The van der Waals surface area contributed by atoms with Crippen LogP contribution in [0.15, 0.2) is 99.5 Å². The molecule has 3 aromatic rings. The lowest BCUT2D eigenvalue weighted by molar-refractivity contribution is -0.144. The van der Waals surface area contributed by atoms with Crippen molar-refractivity contribution in [3.8, 4) is 0 Å². The van der Waals surface area contributed by atoms with Gasteiger partial charge in [-0.15, -0.1) is 0 Å². The second kappa shape index (κ2) is 8.95. The smallest absolute Gasteiger partial charge is 0.357 e. The molecule has 0 saturated heterocycles. The first-order valence-electron chi connectivity index (χ1n) is 9.36. The number of hydrogen-bond donors (Lipinski definition) is 0. The van der Waals surface area contributed by atoms with Crippen LogP contribution >= 0.6 is 15.9 Å². The van der Waals surface area contributed by atoms with E-state index in [0.717, 1.165) is 15.6 Å². The van der Waals surface area contributed by atoms with Gasteiger partial charge in [-0.2, -0.15) is 0 Å². The fourth-order valence-electron chi connectivity index (χ4n) is 3.49. The van der Waals surface area contributed by atoms with Crippen LogP contribution in [0.2, 0.25) is 0 Å². The number of carbonyl (C=O) groups is 1. The number of nitrogens with zero attached hydrogens (tertiary/aromatic N) is 4. The summed E-state index contributed by atoms with van der Waals surface area (Å²) in [6.45, 7) is 0. The summed E-state index contributed by atoms with van der Waals surface area (Å²) >= 11 is 3.40. The van der Waals surface area contributed by atoms with E-state index in [1.807, 2.05) is 84.9 Å². The summed E-state index contributed by atoms with van der Waals surface area (Å²) in [6, 6.07) is 25.0. The number of halogens is 1. The number of rotatable bonds is 5. The van der Waals surface area contributed by atoms with Gasteiger partial charge in [-0.3, -0.25) is 4.99 Å². The molecular formula is C23H17BrN4O2. The zero-order valence-corrected chi connectivity index (χ0v) is 17.4. The van der Waals surface area contributed by atoms with Crippen molar-refractivity contribution in [3.63, 3.8) is 0 Å². The molecule has 0 bridgehead atoms. The molecule has 0 spiro atoms. The van der Waals surface area contributed by atoms with E-state index in [1.54, 1.807) is 0 Å². The van der Waals surface area contributed by atoms with Crippen molar-refractivity contribution < 1.29 is 9.53 Å². The summed E-state index contributed by atoms with van der Waals surface area (Å²) < 4.78 is 6.78. The van der Waals surface area contributed by atoms with Crippen molar-refractivity contribution in [3.05, 3.63) is 117 Å². The lowest BCUT2D eigenvalue weighted by Gasteiger charge is -2.33. The molecule has 0 fully saturated rings. The van der Waals surface area contributed by atoms with Gasteiger partial charge in [0, 0.05) is 14.9 Å². The second-order valence-corrected chi connectivity index (χ2v) is 7.69.